The molecule has 0 aliphatic rings. The summed E-state index contributed by atoms with van der Waals surface area (Å²) < 4.78 is 50.8. The Morgan fingerprint density at radius 1 is 1.14 bits per heavy atom. The molecular formula is C25H33F3N3O6-. The lowest BCUT2D eigenvalue weighted by molar-refractivity contribution is -0.271. The molecule has 9 nitrogen and oxygen atoms in total. The summed E-state index contributed by atoms with van der Waals surface area (Å²) >= 11 is 0. The van der Waals surface area contributed by atoms with E-state index in [1.165, 1.54) is 22.8 Å². The standard InChI is InChI=1S/C25H34F3N3O6/c1-15(2)12-30-19(13-31(23(34)35)24(3,4)5)21(36-10-6-9-25(26,27)28)18-11-16(37-14-20(29)32)7-8-17(18)22(30)33/h7-8,11,15H,6,9-10,12-14H2,1-5H3,(H2,29,32)(H,34,35)/p-1. The number of benzene rings is 1. The van der Waals surface area contributed by atoms with Gasteiger partial charge in [-0.05, 0) is 51.3 Å². The third-order valence-corrected chi connectivity index (χ3v) is 5.42. The van der Waals surface area contributed by atoms with Gasteiger partial charge in [0, 0.05) is 23.9 Å². The van der Waals surface area contributed by atoms with Gasteiger partial charge in [0.2, 0.25) is 0 Å². The molecule has 0 spiro atoms. The molecule has 0 saturated carbocycles. The van der Waals surface area contributed by atoms with Crippen LogP contribution in [0, 0.1) is 5.92 Å². The minimum Gasteiger partial charge on any atom is -0.530 e. The molecule has 0 atom stereocenters. The lowest BCUT2D eigenvalue weighted by Crippen LogP contribution is -2.51. The molecule has 0 aliphatic heterocycles. The van der Waals surface area contributed by atoms with E-state index in [-0.39, 0.29) is 60.0 Å². The van der Waals surface area contributed by atoms with Gasteiger partial charge >= 0.3 is 6.18 Å². The van der Waals surface area contributed by atoms with Crippen molar-refractivity contribution in [1.82, 2.24) is 9.47 Å². The first-order valence-electron chi connectivity index (χ1n) is 11.8. The fourth-order valence-electron chi connectivity index (χ4n) is 3.74. The number of primary amides is 1. The highest BCUT2D eigenvalue weighted by atomic mass is 19.4. The first-order chi connectivity index (χ1) is 17.0. The number of halogens is 3. The van der Waals surface area contributed by atoms with Crippen LogP contribution >= 0.6 is 0 Å². The highest BCUT2D eigenvalue weighted by Crippen LogP contribution is 2.34. The predicted molar refractivity (Wildman–Crippen MR) is 129 cm³/mol. The van der Waals surface area contributed by atoms with E-state index in [9.17, 15) is 32.7 Å². The second-order valence-corrected chi connectivity index (χ2v) is 10.1. The molecule has 0 fully saturated rings. The molecule has 37 heavy (non-hydrogen) atoms. The van der Waals surface area contributed by atoms with Gasteiger partial charge < -0.3 is 34.6 Å². The first-order valence-corrected chi connectivity index (χ1v) is 11.8. The number of pyridine rings is 1. The summed E-state index contributed by atoms with van der Waals surface area (Å²) in [5.41, 5.74) is 3.95. The lowest BCUT2D eigenvalue weighted by Gasteiger charge is -2.39. The second kappa shape index (κ2) is 11.7. The van der Waals surface area contributed by atoms with Crippen LogP contribution < -0.4 is 25.9 Å². The van der Waals surface area contributed by atoms with E-state index in [2.05, 4.69) is 0 Å². The number of nitrogens with zero attached hydrogens (tertiary/aromatic N) is 2. The Morgan fingerprint density at radius 2 is 1.78 bits per heavy atom. The highest BCUT2D eigenvalue weighted by Gasteiger charge is 2.28. The van der Waals surface area contributed by atoms with Gasteiger partial charge in [0.25, 0.3) is 11.5 Å². The predicted octanol–water partition coefficient (Wildman–Crippen LogP) is 3.19. The molecule has 0 saturated heterocycles. The van der Waals surface area contributed by atoms with Crippen molar-refractivity contribution in [3.8, 4) is 11.5 Å². The second-order valence-electron chi connectivity index (χ2n) is 10.1. The van der Waals surface area contributed by atoms with E-state index < -0.39 is 42.3 Å². The van der Waals surface area contributed by atoms with E-state index in [4.69, 9.17) is 15.2 Å². The molecule has 2 rings (SSSR count). The van der Waals surface area contributed by atoms with Gasteiger partial charge in [0.1, 0.15) is 17.6 Å². The molecule has 0 bridgehead atoms. The van der Waals surface area contributed by atoms with Gasteiger partial charge in [0.15, 0.2) is 6.61 Å². The van der Waals surface area contributed by atoms with Crippen LogP contribution in [-0.2, 0) is 17.9 Å². The Morgan fingerprint density at radius 3 is 2.30 bits per heavy atom. The maximum Gasteiger partial charge on any atom is 0.389 e. The van der Waals surface area contributed by atoms with E-state index >= 15 is 0 Å². The van der Waals surface area contributed by atoms with Crippen LogP contribution in [0.15, 0.2) is 23.0 Å². The molecule has 206 valence electrons. The average molecular weight is 529 g/mol. The van der Waals surface area contributed by atoms with Crippen molar-refractivity contribution >= 4 is 22.8 Å². The topological polar surface area (TPSA) is 127 Å². The number of fused-ring (bicyclic) bond motifs is 1. The number of nitrogens with two attached hydrogens (primary N) is 1. The molecule has 0 radical (unpaired) electrons. The SMILES string of the molecule is CC(C)Cn1c(CN(C(=O)[O-])C(C)(C)C)c(OCCCC(F)(F)F)c2cc(OCC(N)=O)ccc2c1=O. The molecule has 1 aromatic carbocycles. The maximum absolute atomic E-state index is 13.5. The molecule has 12 heteroatoms. The Hall–Kier alpha value is -3.44. The van der Waals surface area contributed by atoms with E-state index in [0.717, 1.165) is 4.90 Å². The van der Waals surface area contributed by atoms with E-state index in [0.29, 0.717) is 0 Å². The van der Waals surface area contributed by atoms with E-state index in [1.807, 2.05) is 13.8 Å². The minimum absolute atomic E-state index is 0.0313. The largest absolute Gasteiger partial charge is 0.530 e. The zero-order valence-corrected chi connectivity index (χ0v) is 21.6. The number of ether oxygens (including phenoxy) is 2. The Labute approximate surface area is 212 Å². The number of aromatic nitrogens is 1. The van der Waals surface area contributed by atoms with Gasteiger partial charge in [-0.3, -0.25) is 9.59 Å². The number of carbonyl (C=O) groups excluding carboxylic acids is 2. The smallest absolute Gasteiger partial charge is 0.389 e. The van der Waals surface area contributed by atoms with Crippen molar-refractivity contribution in [2.45, 2.75) is 72.3 Å². The van der Waals surface area contributed by atoms with E-state index in [1.54, 1.807) is 20.8 Å². The monoisotopic (exact) mass is 528 g/mol. The quantitative estimate of drug-likeness (QED) is 0.447. The number of hydrogen-bond donors (Lipinski definition) is 1. The summed E-state index contributed by atoms with van der Waals surface area (Å²) in [6.07, 6.45) is -7.29. The highest BCUT2D eigenvalue weighted by molar-refractivity contribution is 5.90. The van der Waals surface area contributed by atoms with Crippen LogP contribution in [0.25, 0.3) is 10.8 Å². The number of amides is 2. The number of alkyl halides is 3. The maximum atomic E-state index is 13.5. The molecule has 0 aliphatic carbocycles. The van der Waals surface area contributed by atoms with Gasteiger partial charge in [0.05, 0.1) is 24.2 Å². The number of carboxylic acid groups (broad SMARTS) is 1. The number of carbonyl (C=O) groups is 2. The molecule has 1 heterocycles. The molecule has 2 N–H and O–H groups in total. The minimum atomic E-state index is -4.38. The Bertz CT molecular complexity index is 1190. The van der Waals surface area contributed by atoms with Crippen molar-refractivity contribution in [2.75, 3.05) is 13.2 Å². The van der Waals surface area contributed by atoms with Gasteiger partial charge in [-0.1, -0.05) is 13.8 Å². The molecule has 0 unspecified atom stereocenters. The van der Waals surface area contributed by atoms with Crippen molar-refractivity contribution < 1.29 is 37.3 Å². The van der Waals surface area contributed by atoms with Crippen LogP contribution in [0.5, 0.6) is 11.5 Å². The van der Waals surface area contributed by atoms with Crippen molar-refractivity contribution in [3.63, 3.8) is 0 Å². The fraction of sp³-hybridized carbons (Fsp3) is 0.560. The Balaban J connectivity index is 2.78. The summed E-state index contributed by atoms with van der Waals surface area (Å²) in [5.74, 6) is -0.536. The summed E-state index contributed by atoms with van der Waals surface area (Å²) in [5, 5.41) is 12.4. The van der Waals surface area contributed by atoms with Crippen LogP contribution in [-0.4, -0.2) is 46.4 Å². The van der Waals surface area contributed by atoms with Gasteiger partial charge in [-0.25, -0.2) is 0 Å². The lowest BCUT2D eigenvalue weighted by atomic mass is 10.0. The zero-order chi connectivity index (χ0) is 28.1. The van der Waals surface area contributed by atoms with Crippen molar-refractivity contribution in [1.29, 1.82) is 0 Å². The normalized spacial score (nSPS) is 12.1. The molecule has 2 aromatic rings. The summed E-state index contributed by atoms with van der Waals surface area (Å²) in [4.78, 5) is 37.7. The van der Waals surface area contributed by atoms with Gasteiger partial charge in [-0.2, -0.15) is 13.2 Å². The van der Waals surface area contributed by atoms with Crippen LogP contribution in [0.3, 0.4) is 0 Å². The fourth-order valence-corrected chi connectivity index (χ4v) is 3.74. The third-order valence-electron chi connectivity index (χ3n) is 5.42. The van der Waals surface area contributed by atoms with Crippen LogP contribution in [0.2, 0.25) is 0 Å². The molecule has 2 amide bonds. The molecule has 1 aromatic heterocycles. The van der Waals surface area contributed by atoms with Crippen LogP contribution in [0.4, 0.5) is 18.0 Å². The zero-order valence-electron chi connectivity index (χ0n) is 21.6. The van der Waals surface area contributed by atoms with Crippen molar-refractivity contribution in [3.05, 3.63) is 34.2 Å². The first kappa shape index (κ1) is 29.8. The summed E-state index contributed by atoms with van der Waals surface area (Å²) in [6, 6.07) is 4.34. The Kier molecular flexibility index (Phi) is 9.45. The number of rotatable bonds is 11. The summed E-state index contributed by atoms with van der Waals surface area (Å²) in [7, 11) is 0. The molecular weight excluding hydrogens is 495 g/mol. The average Bonchev–Trinajstić information content (AvgIpc) is 2.74. The third kappa shape index (κ3) is 8.29. The van der Waals surface area contributed by atoms with Gasteiger partial charge in [-0.15, -0.1) is 0 Å². The summed E-state index contributed by atoms with van der Waals surface area (Å²) in [6.45, 7) is 7.79. The van der Waals surface area contributed by atoms with Crippen LogP contribution in [0.1, 0.15) is 53.2 Å². The number of hydrogen-bond acceptors (Lipinski definition) is 6. The van der Waals surface area contributed by atoms with Crippen molar-refractivity contribution in [2.24, 2.45) is 11.7 Å².